The zero-order valence-corrected chi connectivity index (χ0v) is 21.3. The summed E-state index contributed by atoms with van der Waals surface area (Å²) in [4.78, 5) is 8.14. The molecule has 5 rings (SSSR count). The number of aromatic nitrogens is 2. The van der Waals surface area contributed by atoms with Crippen molar-refractivity contribution < 1.29 is 4.52 Å². The Kier molecular flexibility index (Phi) is 6.97. The summed E-state index contributed by atoms with van der Waals surface area (Å²) in [6, 6.07) is 28.7. The molecule has 3 aromatic carbocycles. The van der Waals surface area contributed by atoms with E-state index in [1.165, 1.54) is 10.5 Å². The van der Waals surface area contributed by atoms with E-state index in [0.29, 0.717) is 16.8 Å². The molecular weight excluding hydrogens is 472 g/mol. The summed E-state index contributed by atoms with van der Waals surface area (Å²) in [6.45, 7) is 2.84. The van der Waals surface area contributed by atoms with Crippen LogP contribution in [0.25, 0.3) is 17.0 Å². The van der Waals surface area contributed by atoms with Crippen molar-refractivity contribution in [3.63, 3.8) is 0 Å². The van der Waals surface area contributed by atoms with Gasteiger partial charge in [0.25, 0.3) is 5.89 Å². The number of allylic oxidation sites excluding steroid dienone is 1. The van der Waals surface area contributed by atoms with Crippen LogP contribution in [0.5, 0.6) is 0 Å². The van der Waals surface area contributed by atoms with Crippen molar-refractivity contribution in [1.29, 1.82) is 0 Å². The zero-order valence-electron chi connectivity index (χ0n) is 19.6. The molecular formula is C28H26N4OS2. The lowest BCUT2D eigenvalue weighted by Gasteiger charge is -2.37. The molecule has 0 amide bonds. The van der Waals surface area contributed by atoms with Gasteiger partial charge >= 0.3 is 0 Å². The zero-order chi connectivity index (χ0) is 24.2. The molecule has 0 saturated carbocycles. The van der Waals surface area contributed by atoms with E-state index in [-0.39, 0.29) is 6.04 Å². The van der Waals surface area contributed by atoms with Gasteiger partial charge in [-0.25, -0.2) is 0 Å². The van der Waals surface area contributed by atoms with Crippen LogP contribution in [0.15, 0.2) is 100 Å². The van der Waals surface area contributed by atoms with Crippen molar-refractivity contribution in [2.75, 3.05) is 12.8 Å². The van der Waals surface area contributed by atoms with Gasteiger partial charge in [0.2, 0.25) is 5.82 Å². The van der Waals surface area contributed by atoms with Gasteiger partial charge in [-0.15, -0.1) is 11.8 Å². The highest BCUT2D eigenvalue weighted by Gasteiger charge is 2.34. The number of nitrogens with zero attached hydrogens (tertiary/aromatic N) is 3. The average Bonchev–Trinajstić information content (AvgIpc) is 3.39. The maximum atomic E-state index is 5.84. The van der Waals surface area contributed by atoms with E-state index < -0.39 is 0 Å². The molecule has 0 aliphatic carbocycles. The molecule has 1 atom stereocenters. The molecule has 5 nitrogen and oxygen atoms in total. The van der Waals surface area contributed by atoms with Gasteiger partial charge in [0, 0.05) is 22.7 Å². The van der Waals surface area contributed by atoms with Gasteiger partial charge in [-0.2, -0.15) is 4.98 Å². The number of hydrogen-bond acceptors (Lipinski definition) is 5. The number of nitrogens with one attached hydrogen (secondary N) is 1. The van der Waals surface area contributed by atoms with Crippen molar-refractivity contribution in [1.82, 2.24) is 20.4 Å². The fourth-order valence-corrected chi connectivity index (χ4v) is 5.05. The van der Waals surface area contributed by atoms with Gasteiger partial charge in [-0.1, -0.05) is 78.0 Å². The van der Waals surface area contributed by atoms with E-state index in [2.05, 4.69) is 77.1 Å². The lowest BCUT2D eigenvalue weighted by Crippen LogP contribution is -2.46. The lowest BCUT2D eigenvalue weighted by atomic mass is 9.94. The SMILES string of the molecule is CSc1ccc(C2NC(=S)N(CCc3ccccc3)C(C)=C2c2nc(-c3ccccc3)no2)cc1. The van der Waals surface area contributed by atoms with Crippen LogP contribution in [0, 0.1) is 0 Å². The summed E-state index contributed by atoms with van der Waals surface area (Å²) in [5.74, 6) is 1.07. The topological polar surface area (TPSA) is 54.2 Å². The standard InChI is InChI=1S/C28H26N4OS2/c1-19-24(27-30-26(31-33-27)22-11-7-4-8-12-22)25(21-13-15-23(35-2)16-14-21)29-28(34)32(19)18-17-20-9-5-3-6-10-20/h3-16,25H,17-18H2,1-2H3,(H,29,34). The first kappa shape index (κ1) is 23.3. The van der Waals surface area contributed by atoms with E-state index in [1.54, 1.807) is 11.8 Å². The number of rotatable bonds is 7. The maximum absolute atomic E-state index is 5.84. The first-order chi connectivity index (χ1) is 17.1. The van der Waals surface area contributed by atoms with Crippen LogP contribution in [-0.4, -0.2) is 33.0 Å². The van der Waals surface area contributed by atoms with Crippen LogP contribution in [0.3, 0.4) is 0 Å². The Morgan fingerprint density at radius 2 is 1.66 bits per heavy atom. The molecule has 2 heterocycles. The Balaban J connectivity index is 1.54. The van der Waals surface area contributed by atoms with Crippen molar-refractivity contribution in [3.05, 3.63) is 108 Å². The number of thioether (sulfide) groups is 1. The summed E-state index contributed by atoms with van der Waals surface area (Å²) in [5, 5.41) is 8.53. The fourth-order valence-electron chi connectivity index (χ4n) is 4.30. The Morgan fingerprint density at radius 1 is 0.971 bits per heavy atom. The third-order valence-electron chi connectivity index (χ3n) is 6.20. The molecule has 1 aromatic heterocycles. The first-order valence-corrected chi connectivity index (χ1v) is 13.1. The maximum Gasteiger partial charge on any atom is 0.258 e. The van der Waals surface area contributed by atoms with E-state index in [1.807, 2.05) is 36.4 Å². The Hall–Kier alpha value is -3.42. The molecule has 0 saturated heterocycles. The second kappa shape index (κ2) is 10.5. The fraction of sp³-hybridized carbons (Fsp3) is 0.179. The Morgan fingerprint density at radius 3 is 2.34 bits per heavy atom. The quantitative estimate of drug-likeness (QED) is 0.235. The molecule has 1 N–H and O–H groups in total. The Labute approximate surface area is 215 Å². The highest BCUT2D eigenvalue weighted by Crippen LogP contribution is 2.38. The minimum Gasteiger partial charge on any atom is -0.351 e. The molecule has 4 aromatic rings. The second-order valence-corrected chi connectivity index (χ2v) is 9.60. The summed E-state index contributed by atoms with van der Waals surface area (Å²) in [6.07, 6.45) is 2.95. The van der Waals surface area contributed by atoms with Crippen LogP contribution in [-0.2, 0) is 6.42 Å². The molecule has 35 heavy (non-hydrogen) atoms. The minimum absolute atomic E-state index is 0.185. The van der Waals surface area contributed by atoms with Crippen LogP contribution < -0.4 is 5.32 Å². The van der Waals surface area contributed by atoms with Gasteiger partial charge in [-0.05, 0) is 55.1 Å². The predicted octanol–water partition coefficient (Wildman–Crippen LogP) is 6.36. The largest absolute Gasteiger partial charge is 0.351 e. The number of thiocarbonyl (C=S) groups is 1. The van der Waals surface area contributed by atoms with Crippen LogP contribution in [0.4, 0.5) is 0 Å². The van der Waals surface area contributed by atoms with Crippen molar-refractivity contribution >= 4 is 34.7 Å². The summed E-state index contributed by atoms with van der Waals surface area (Å²) in [7, 11) is 0. The smallest absolute Gasteiger partial charge is 0.258 e. The third kappa shape index (κ3) is 5.01. The minimum atomic E-state index is -0.185. The predicted molar refractivity (Wildman–Crippen MR) is 146 cm³/mol. The molecule has 1 unspecified atom stereocenters. The molecule has 176 valence electrons. The molecule has 0 fully saturated rings. The van der Waals surface area contributed by atoms with Crippen molar-refractivity contribution in [2.45, 2.75) is 24.3 Å². The summed E-state index contributed by atoms with van der Waals surface area (Å²) in [5.41, 5.74) is 5.25. The van der Waals surface area contributed by atoms with Crippen molar-refractivity contribution in [3.8, 4) is 11.4 Å². The lowest BCUT2D eigenvalue weighted by molar-refractivity contribution is 0.397. The highest BCUT2D eigenvalue weighted by molar-refractivity contribution is 7.98. The molecule has 1 aliphatic heterocycles. The second-order valence-electron chi connectivity index (χ2n) is 8.33. The summed E-state index contributed by atoms with van der Waals surface area (Å²) < 4.78 is 5.84. The Bertz CT molecular complexity index is 1330. The molecule has 1 aliphatic rings. The van der Waals surface area contributed by atoms with E-state index >= 15 is 0 Å². The van der Waals surface area contributed by atoms with Crippen LogP contribution >= 0.6 is 24.0 Å². The monoisotopic (exact) mass is 498 g/mol. The van der Waals surface area contributed by atoms with Gasteiger partial charge in [0.05, 0.1) is 11.6 Å². The number of hydrogen-bond donors (Lipinski definition) is 1. The molecule has 7 heteroatoms. The third-order valence-corrected chi connectivity index (χ3v) is 7.28. The van der Waals surface area contributed by atoms with Crippen molar-refractivity contribution in [2.24, 2.45) is 0 Å². The molecule has 0 bridgehead atoms. The van der Waals surface area contributed by atoms with E-state index in [9.17, 15) is 0 Å². The molecule has 0 radical (unpaired) electrons. The number of benzene rings is 3. The first-order valence-electron chi connectivity index (χ1n) is 11.5. The van der Waals surface area contributed by atoms with E-state index in [0.717, 1.165) is 35.4 Å². The van der Waals surface area contributed by atoms with Gasteiger partial charge in [0.15, 0.2) is 5.11 Å². The normalized spacial score (nSPS) is 15.9. The van der Waals surface area contributed by atoms with Gasteiger partial charge in [0.1, 0.15) is 0 Å². The summed E-state index contributed by atoms with van der Waals surface area (Å²) >= 11 is 7.56. The molecule has 0 spiro atoms. The van der Waals surface area contributed by atoms with Gasteiger partial charge < -0.3 is 14.7 Å². The van der Waals surface area contributed by atoms with E-state index in [4.69, 9.17) is 21.7 Å². The van der Waals surface area contributed by atoms with Gasteiger partial charge in [-0.3, -0.25) is 0 Å². The highest BCUT2D eigenvalue weighted by atomic mass is 32.2. The van der Waals surface area contributed by atoms with Crippen LogP contribution in [0.1, 0.15) is 30.0 Å². The van der Waals surface area contributed by atoms with Crippen LogP contribution in [0.2, 0.25) is 0 Å². The average molecular weight is 499 g/mol.